The van der Waals surface area contributed by atoms with Crippen molar-refractivity contribution in [2.45, 2.75) is 23.8 Å². The summed E-state index contributed by atoms with van der Waals surface area (Å²) in [6.07, 6.45) is 0. The zero-order valence-corrected chi connectivity index (χ0v) is 13.6. The normalized spacial score (nSPS) is 18.5. The first kappa shape index (κ1) is 13.5. The summed E-state index contributed by atoms with van der Waals surface area (Å²) in [6, 6.07) is -0.486. The number of fused-ring (bicyclic) bond motifs is 1. The summed E-state index contributed by atoms with van der Waals surface area (Å²) in [6.45, 7) is 4.18. The Morgan fingerprint density at radius 3 is 2.21 bits per heavy atom. The maximum Gasteiger partial charge on any atom is 0.351 e. The fourth-order valence-corrected chi connectivity index (χ4v) is 6.78. The second kappa shape index (κ2) is 4.83. The molecule has 0 aromatic carbocycles. The molecule has 0 spiro atoms. The lowest BCUT2D eigenvalue weighted by Crippen LogP contribution is -2.18. The molecule has 4 nitrogen and oxygen atoms in total. The molecule has 0 unspecified atom stereocenters. The molecule has 3 heterocycles. The van der Waals surface area contributed by atoms with E-state index in [9.17, 15) is 9.90 Å². The molecule has 0 amide bonds. The molecule has 0 bridgehead atoms. The van der Waals surface area contributed by atoms with Crippen LogP contribution in [0.4, 0.5) is 0 Å². The Balaban J connectivity index is 2.01. The summed E-state index contributed by atoms with van der Waals surface area (Å²) in [7, 11) is 1.46. The van der Waals surface area contributed by atoms with Gasteiger partial charge in [-0.1, -0.05) is 47.0 Å². The lowest BCUT2D eigenvalue weighted by Gasteiger charge is -1.99. The van der Waals surface area contributed by atoms with Crippen LogP contribution in [0.15, 0.2) is 33.0 Å². The summed E-state index contributed by atoms with van der Waals surface area (Å²) in [5.41, 5.74) is -0.252. The highest BCUT2D eigenvalue weighted by atomic mass is 32.2. The third-order valence-corrected chi connectivity index (χ3v) is 8.33. The van der Waals surface area contributed by atoms with Crippen molar-refractivity contribution in [2.24, 2.45) is 7.05 Å². The number of allylic oxidation sites excluding steroid dienone is 2. The Hall–Kier alpha value is -0.440. The quantitative estimate of drug-likeness (QED) is 0.671. The number of hydrogen-bond acceptors (Lipinski definition) is 6. The smallest absolute Gasteiger partial charge is 0.268 e. The van der Waals surface area contributed by atoms with Crippen LogP contribution in [0.5, 0.6) is 6.01 Å². The summed E-state index contributed by atoms with van der Waals surface area (Å²) in [5.74, 6) is 0. The van der Waals surface area contributed by atoms with E-state index in [0.717, 1.165) is 8.80 Å². The van der Waals surface area contributed by atoms with E-state index >= 15 is 0 Å². The Morgan fingerprint density at radius 1 is 1.00 bits per heavy atom. The van der Waals surface area contributed by atoms with Gasteiger partial charge in [0, 0.05) is 7.05 Å². The molecular formula is C11H9N2O2S4. The molecule has 0 N–H and O–H groups in total. The summed E-state index contributed by atoms with van der Waals surface area (Å²) in [4.78, 5) is 19.1. The highest BCUT2D eigenvalue weighted by Gasteiger charge is 2.30. The molecule has 2 aliphatic heterocycles. The second-order valence-corrected chi connectivity index (χ2v) is 8.97. The van der Waals surface area contributed by atoms with Gasteiger partial charge in [-0.2, -0.15) is 4.98 Å². The molecule has 19 heavy (non-hydrogen) atoms. The van der Waals surface area contributed by atoms with Crippen molar-refractivity contribution < 1.29 is 5.11 Å². The van der Waals surface area contributed by atoms with Gasteiger partial charge in [-0.05, 0) is 23.7 Å². The average molecular weight is 329 g/mol. The summed E-state index contributed by atoms with van der Waals surface area (Å²) < 4.78 is 3.29. The van der Waals surface area contributed by atoms with Crippen molar-refractivity contribution in [3.8, 4) is 6.01 Å². The first-order valence-electron chi connectivity index (χ1n) is 5.38. The molecule has 1 aromatic rings. The predicted molar refractivity (Wildman–Crippen MR) is 81.9 cm³/mol. The number of thioether (sulfide) groups is 4. The molecule has 3 rings (SSSR count). The van der Waals surface area contributed by atoms with Crippen LogP contribution in [0.3, 0.4) is 0 Å². The molecule has 1 aromatic heterocycles. The Bertz CT molecular complexity index is 689. The highest BCUT2D eigenvalue weighted by molar-refractivity contribution is 8.32. The van der Waals surface area contributed by atoms with Crippen molar-refractivity contribution in [2.75, 3.05) is 0 Å². The van der Waals surface area contributed by atoms with Crippen molar-refractivity contribution in [1.82, 2.24) is 9.55 Å². The lowest BCUT2D eigenvalue weighted by atomic mass is 10.6. The zero-order chi connectivity index (χ0) is 13.7. The Labute approximate surface area is 127 Å². The van der Waals surface area contributed by atoms with Gasteiger partial charge in [0.25, 0.3) is 5.56 Å². The van der Waals surface area contributed by atoms with E-state index in [-0.39, 0.29) is 5.56 Å². The van der Waals surface area contributed by atoms with E-state index in [0.29, 0.717) is 9.92 Å². The van der Waals surface area contributed by atoms with E-state index in [1.54, 1.807) is 23.5 Å². The number of nitrogens with zero attached hydrogens (tertiary/aromatic N) is 2. The van der Waals surface area contributed by atoms with Crippen LogP contribution in [0.25, 0.3) is 0 Å². The Morgan fingerprint density at radius 2 is 1.58 bits per heavy atom. The van der Waals surface area contributed by atoms with Gasteiger partial charge in [-0.15, -0.1) is 0 Å². The molecule has 8 heteroatoms. The van der Waals surface area contributed by atoms with Crippen LogP contribution in [0.1, 0.15) is 13.8 Å². The number of rotatable bonds is 0. The first-order chi connectivity index (χ1) is 8.97. The molecule has 2 aliphatic rings. The van der Waals surface area contributed by atoms with Crippen LogP contribution in [0.2, 0.25) is 0 Å². The van der Waals surface area contributed by atoms with E-state index < -0.39 is 6.01 Å². The van der Waals surface area contributed by atoms with Gasteiger partial charge < -0.3 is 0 Å². The summed E-state index contributed by atoms with van der Waals surface area (Å²) >= 11 is 6.29. The molecule has 0 aliphatic carbocycles. The minimum atomic E-state index is -0.486. The van der Waals surface area contributed by atoms with E-state index in [1.807, 2.05) is 0 Å². The molecule has 99 valence electrons. The van der Waals surface area contributed by atoms with Gasteiger partial charge in [0.15, 0.2) is 0 Å². The van der Waals surface area contributed by atoms with Crippen LogP contribution < -0.4 is 5.56 Å². The second-order valence-electron chi connectivity index (χ2n) is 3.99. The fourth-order valence-electron chi connectivity index (χ4n) is 1.51. The maximum absolute atomic E-state index is 12.0. The average Bonchev–Trinajstić information content (AvgIpc) is 2.91. The first-order valence-corrected chi connectivity index (χ1v) is 8.65. The lowest BCUT2D eigenvalue weighted by molar-refractivity contribution is 0.291. The van der Waals surface area contributed by atoms with Crippen LogP contribution in [-0.4, -0.2) is 9.55 Å². The van der Waals surface area contributed by atoms with Crippen LogP contribution >= 0.6 is 47.0 Å². The third-order valence-electron chi connectivity index (χ3n) is 2.72. The summed E-state index contributed by atoms with van der Waals surface area (Å²) in [5, 5.41) is 12.1. The van der Waals surface area contributed by atoms with Crippen LogP contribution in [-0.2, 0) is 12.2 Å². The van der Waals surface area contributed by atoms with Gasteiger partial charge in [-0.25, -0.2) is 5.11 Å². The molecule has 0 fully saturated rings. The molecular weight excluding hydrogens is 320 g/mol. The molecule has 1 radical (unpaired) electrons. The standard InChI is InChI=1S/C11H9N2O2S4/c1-4-5(2)17-9(16-4)10-18-6-7(19-10)12-11(15)13(3)8(6)14/h1-3H3. The van der Waals surface area contributed by atoms with E-state index in [1.165, 1.54) is 44.6 Å². The van der Waals surface area contributed by atoms with Crippen molar-refractivity contribution >= 4 is 47.0 Å². The Kier molecular flexibility index (Phi) is 3.45. The van der Waals surface area contributed by atoms with Gasteiger partial charge in [0.1, 0.15) is 9.92 Å². The maximum atomic E-state index is 12.0. The monoisotopic (exact) mass is 329 g/mol. The zero-order valence-electron chi connectivity index (χ0n) is 10.3. The van der Waals surface area contributed by atoms with Gasteiger partial charge >= 0.3 is 6.01 Å². The highest BCUT2D eigenvalue weighted by Crippen LogP contribution is 2.59. The minimum absolute atomic E-state index is 0.252. The van der Waals surface area contributed by atoms with Crippen molar-refractivity contribution in [3.63, 3.8) is 0 Å². The fraction of sp³-hybridized carbons (Fsp3) is 0.273. The predicted octanol–water partition coefficient (Wildman–Crippen LogP) is 3.98. The third kappa shape index (κ3) is 2.24. The SMILES string of the molecule is CC1=C(C)SC(=C2Sc3nc([O])n(C)c(=O)c3S2)S1. The van der Waals surface area contributed by atoms with Crippen molar-refractivity contribution in [1.29, 1.82) is 0 Å². The topological polar surface area (TPSA) is 54.8 Å². The molecule has 0 atom stereocenters. The van der Waals surface area contributed by atoms with E-state index in [4.69, 9.17) is 0 Å². The van der Waals surface area contributed by atoms with E-state index in [2.05, 4.69) is 18.8 Å². The van der Waals surface area contributed by atoms with Crippen molar-refractivity contribution in [3.05, 3.63) is 28.6 Å². The minimum Gasteiger partial charge on any atom is -0.268 e. The molecule has 0 saturated carbocycles. The van der Waals surface area contributed by atoms with Gasteiger partial charge in [0.05, 0.1) is 8.47 Å². The van der Waals surface area contributed by atoms with Gasteiger partial charge in [0.2, 0.25) is 0 Å². The largest absolute Gasteiger partial charge is 0.351 e. The van der Waals surface area contributed by atoms with Crippen LogP contribution in [0, 0.1) is 0 Å². The number of aromatic nitrogens is 2. The number of hydrogen-bond donors (Lipinski definition) is 0. The molecule has 0 saturated heterocycles. The van der Waals surface area contributed by atoms with Gasteiger partial charge in [-0.3, -0.25) is 9.36 Å².